The maximum Gasteiger partial charge on any atom is 0.340 e. The molecule has 5 nitrogen and oxygen atoms in total. The molecule has 0 atom stereocenters. The van der Waals surface area contributed by atoms with Crippen LogP contribution in [0.15, 0.2) is 30.5 Å². The Bertz CT molecular complexity index is 626. The molecule has 0 amide bonds. The summed E-state index contributed by atoms with van der Waals surface area (Å²) in [6, 6.07) is 7.01. The smallest absolute Gasteiger partial charge is 0.340 e. The number of hydrogen-bond donors (Lipinski definition) is 1. The summed E-state index contributed by atoms with van der Waals surface area (Å²) < 4.78 is 5.18. The molecule has 0 saturated carbocycles. The van der Waals surface area contributed by atoms with Crippen molar-refractivity contribution in [1.82, 2.24) is 9.97 Å². The van der Waals surface area contributed by atoms with Gasteiger partial charge >= 0.3 is 5.97 Å². The summed E-state index contributed by atoms with van der Waals surface area (Å²) in [4.78, 5) is 20.7. The normalized spacial score (nSPS) is 10.3. The Morgan fingerprint density at radius 3 is 2.85 bits per heavy atom. The maximum absolute atomic E-state index is 12.1. The first-order valence-corrected chi connectivity index (χ1v) is 6.49. The minimum atomic E-state index is -0.440. The van der Waals surface area contributed by atoms with Crippen molar-refractivity contribution >= 4 is 11.7 Å². The third-order valence-corrected chi connectivity index (χ3v) is 2.77. The second kappa shape index (κ2) is 6.14. The third kappa shape index (κ3) is 2.93. The largest absolute Gasteiger partial charge is 0.462 e. The van der Waals surface area contributed by atoms with Crippen molar-refractivity contribution < 1.29 is 9.53 Å². The van der Waals surface area contributed by atoms with Gasteiger partial charge in [0.1, 0.15) is 0 Å². The van der Waals surface area contributed by atoms with E-state index in [0.29, 0.717) is 29.2 Å². The van der Waals surface area contributed by atoms with Crippen LogP contribution < -0.4 is 5.73 Å². The second-order valence-corrected chi connectivity index (χ2v) is 4.43. The average molecular weight is 271 g/mol. The van der Waals surface area contributed by atoms with Gasteiger partial charge in [-0.3, -0.25) is 0 Å². The third-order valence-electron chi connectivity index (χ3n) is 2.77. The fraction of sp³-hybridized carbons (Fsp3) is 0.267. The average Bonchev–Trinajstić information content (AvgIpc) is 2.44. The van der Waals surface area contributed by atoms with Gasteiger partial charge in [-0.05, 0) is 25.5 Å². The molecule has 1 heterocycles. The van der Waals surface area contributed by atoms with Crippen molar-refractivity contribution in [2.45, 2.75) is 20.3 Å². The van der Waals surface area contributed by atoms with Gasteiger partial charge in [0, 0.05) is 23.1 Å². The summed E-state index contributed by atoms with van der Waals surface area (Å²) in [7, 11) is 0. The summed E-state index contributed by atoms with van der Waals surface area (Å²) in [6.45, 7) is 4.17. The Labute approximate surface area is 117 Å². The Balaban J connectivity index is 2.48. The van der Waals surface area contributed by atoms with Crippen molar-refractivity contribution in [3.05, 3.63) is 41.7 Å². The zero-order chi connectivity index (χ0) is 14.5. The number of rotatable bonds is 4. The van der Waals surface area contributed by atoms with Crippen LogP contribution in [0.2, 0.25) is 0 Å². The van der Waals surface area contributed by atoms with E-state index < -0.39 is 5.97 Å². The molecule has 0 radical (unpaired) electrons. The van der Waals surface area contributed by atoms with E-state index in [1.807, 2.05) is 13.8 Å². The number of carbonyl (C=O) groups excluding carboxylic acids is 1. The molecule has 20 heavy (non-hydrogen) atoms. The summed E-state index contributed by atoms with van der Waals surface area (Å²) in [5.41, 5.74) is 8.02. The van der Waals surface area contributed by atoms with Crippen LogP contribution >= 0.6 is 0 Å². The van der Waals surface area contributed by atoms with E-state index in [-0.39, 0.29) is 0 Å². The fourth-order valence-electron chi connectivity index (χ4n) is 1.83. The molecule has 0 aliphatic heterocycles. The molecular formula is C15H17N3O2. The number of aryl methyl sites for hydroxylation is 1. The van der Waals surface area contributed by atoms with Crippen molar-refractivity contribution in [2.75, 3.05) is 12.3 Å². The Kier molecular flexibility index (Phi) is 4.30. The highest BCUT2D eigenvalue weighted by Gasteiger charge is 2.19. The van der Waals surface area contributed by atoms with Crippen molar-refractivity contribution in [2.24, 2.45) is 0 Å². The van der Waals surface area contributed by atoms with Crippen LogP contribution in [0.5, 0.6) is 0 Å². The highest BCUT2D eigenvalue weighted by Crippen LogP contribution is 2.26. The molecule has 1 aromatic carbocycles. The topological polar surface area (TPSA) is 78.1 Å². The van der Waals surface area contributed by atoms with E-state index in [2.05, 4.69) is 9.97 Å². The molecule has 2 aromatic rings. The molecule has 1 aromatic heterocycles. The predicted molar refractivity (Wildman–Crippen MR) is 77.2 cm³/mol. The zero-order valence-electron chi connectivity index (χ0n) is 11.6. The predicted octanol–water partition coefficient (Wildman–Crippen LogP) is 2.60. The van der Waals surface area contributed by atoms with Gasteiger partial charge in [0.05, 0.1) is 12.2 Å². The van der Waals surface area contributed by atoms with Crippen molar-refractivity contribution in [3.63, 3.8) is 0 Å². The molecular weight excluding hydrogens is 254 g/mol. The number of aromatic nitrogens is 2. The SMILES string of the molecule is CCCOC(=O)c1c(N)cccc1-c1nccc(C)n1. The zero-order valence-corrected chi connectivity index (χ0v) is 11.6. The first-order valence-electron chi connectivity index (χ1n) is 6.49. The lowest BCUT2D eigenvalue weighted by Crippen LogP contribution is -2.11. The van der Waals surface area contributed by atoms with E-state index >= 15 is 0 Å². The molecule has 0 saturated heterocycles. The summed E-state index contributed by atoms with van der Waals surface area (Å²) in [5.74, 6) is 0.0332. The molecule has 0 aliphatic carbocycles. The lowest BCUT2D eigenvalue weighted by atomic mass is 10.0. The van der Waals surface area contributed by atoms with Gasteiger partial charge < -0.3 is 10.5 Å². The van der Waals surface area contributed by atoms with Gasteiger partial charge in [-0.1, -0.05) is 19.1 Å². The molecule has 0 unspecified atom stereocenters. The van der Waals surface area contributed by atoms with Gasteiger partial charge in [-0.25, -0.2) is 14.8 Å². The summed E-state index contributed by atoms with van der Waals surface area (Å²) in [5, 5.41) is 0. The molecule has 0 spiro atoms. The molecule has 0 fully saturated rings. The van der Waals surface area contributed by atoms with Crippen LogP contribution in [-0.2, 0) is 4.74 Å². The van der Waals surface area contributed by atoms with Crippen LogP contribution in [-0.4, -0.2) is 22.5 Å². The van der Waals surface area contributed by atoms with E-state index in [1.54, 1.807) is 30.5 Å². The number of nitrogens with two attached hydrogens (primary N) is 1. The van der Waals surface area contributed by atoms with Crippen LogP contribution in [0.4, 0.5) is 5.69 Å². The Hall–Kier alpha value is -2.43. The number of esters is 1. The first-order chi connectivity index (χ1) is 9.63. The fourth-order valence-corrected chi connectivity index (χ4v) is 1.83. The maximum atomic E-state index is 12.1. The van der Waals surface area contributed by atoms with Crippen molar-refractivity contribution in [1.29, 1.82) is 0 Å². The minimum Gasteiger partial charge on any atom is -0.462 e. The molecule has 2 rings (SSSR count). The second-order valence-electron chi connectivity index (χ2n) is 4.43. The standard InChI is InChI=1S/C15H17N3O2/c1-3-9-20-15(19)13-11(5-4-6-12(13)16)14-17-8-7-10(2)18-14/h4-8H,3,9,16H2,1-2H3. The highest BCUT2D eigenvalue weighted by molar-refractivity contribution is 6.01. The highest BCUT2D eigenvalue weighted by atomic mass is 16.5. The van der Waals surface area contributed by atoms with Crippen LogP contribution in [0.3, 0.4) is 0 Å². The number of nitrogens with zero attached hydrogens (tertiary/aromatic N) is 2. The van der Waals surface area contributed by atoms with Gasteiger partial charge in [0.15, 0.2) is 5.82 Å². The van der Waals surface area contributed by atoms with Gasteiger partial charge in [0.2, 0.25) is 0 Å². The van der Waals surface area contributed by atoms with E-state index in [0.717, 1.165) is 12.1 Å². The number of carbonyl (C=O) groups is 1. The van der Waals surface area contributed by atoms with Gasteiger partial charge in [0.25, 0.3) is 0 Å². The Morgan fingerprint density at radius 2 is 2.15 bits per heavy atom. The number of nitrogen functional groups attached to an aromatic ring is 1. The molecule has 2 N–H and O–H groups in total. The molecule has 0 bridgehead atoms. The van der Waals surface area contributed by atoms with Crippen LogP contribution in [0, 0.1) is 6.92 Å². The monoisotopic (exact) mass is 271 g/mol. The van der Waals surface area contributed by atoms with Crippen LogP contribution in [0.1, 0.15) is 29.4 Å². The summed E-state index contributed by atoms with van der Waals surface area (Å²) >= 11 is 0. The van der Waals surface area contributed by atoms with Gasteiger partial charge in [-0.15, -0.1) is 0 Å². The minimum absolute atomic E-state index is 0.326. The molecule has 5 heteroatoms. The van der Waals surface area contributed by atoms with Crippen molar-refractivity contribution in [3.8, 4) is 11.4 Å². The first kappa shape index (κ1) is 14.0. The van der Waals surface area contributed by atoms with E-state index in [4.69, 9.17) is 10.5 Å². The van der Waals surface area contributed by atoms with E-state index in [9.17, 15) is 4.79 Å². The quantitative estimate of drug-likeness (QED) is 0.683. The number of hydrogen-bond acceptors (Lipinski definition) is 5. The lowest BCUT2D eigenvalue weighted by Gasteiger charge is -2.11. The number of ether oxygens (including phenoxy) is 1. The lowest BCUT2D eigenvalue weighted by molar-refractivity contribution is 0.0507. The molecule has 104 valence electrons. The van der Waals surface area contributed by atoms with Crippen LogP contribution in [0.25, 0.3) is 11.4 Å². The number of anilines is 1. The number of benzene rings is 1. The van der Waals surface area contributed by atoms with Gasteiger partial charge in [-0.2, -0.15) is 0 Å². The molecule has 0 aliphatic rings. The summed E-state index contributed by atoms with van der Waals surface area (Å²) in [6.07, 6.45) is 2.41. The Morgan fingerprint density at radius 1 is 1.35 bits per heavy atom. The van der Waals surface area contributed by atoms with E-state index in [1.165, 1.54) is 0 Å².